The van der Waals surface area contributed by atoms with Crippen LogP contribution in [0.1, 0.15) is 23.2 Å². The largest absolute Gasteiger partial charge is 0.481 e. The highest BCUT2D eigenvalue weighted by atomic mass is 19.4. The van der Waals surface area contributed by atoms with Gasteiger partial charge in [-0.05, 0) is 12.5 Å². The highest BCUT2D eigenvalue weighted by molar-refractivity contribution is 5.93. The Morgan fingerprint density at radius 2 is 2.05 bits per heavy atom. The second-order valence-corrected chi connectivity index (χ2v) is 4.51. The van der Waals surface area contributed by atoms with Crippen molar-refractivity contribution >= 4 is 11.9 Å². The molecule has 0 aliphatic rings. The molecule has 0 radical (unpaired) electrons. The van der Waals surface area contributed by atoms with Crippen LogP contribution in [0, 0.1) is 0 Å². The molecule has 9 heteroatoms. The van der Waals surface area contributed by atoms with Gasteiger partial charge in [0, 0.05) is 32.3 Å². The highest BCUT2D eigenvalue weighted by Crippen LogP contribution is 2.17. The SMILES string of the molecule is CN(CCCC(=O)O)C(=O)c1ccc(OCC(F)(F)F)nc1. The summed E-state index contributed by atoms with van der Waals surface area (Å²) in [7, 11) is 1.50. The summed E-state index contributed by atoms with van der Waals surface area (Å²) in [5, 5.41) is 8.51. The molecule has 0 fully saturated rings. The molecule has 122 valence electrons. The Morgan fingerprint density at radius 1 is 1.36 bits per heavy atom. The Hall–Kier alpha value is -2.32. The van der Waals surface area contributed by atoms with Gasteiger partial charge in [0.1, 0.15) is 0 Å². The van der Waals surface area contributed by atoms with Crippen LogP contribution in [0.25, 0.3) is 0 Å². The zero-order chi connectivity index (χ0) is 16.8. The minimum absolute atomic E-state index is 0.0555. The van der Waals surface area contributed by atoms with E-state index in [0.29, 0.717) is 6.42 Å². The summed E-state index contributed by atoms with van der Waals surface area (Å²) >= 11 is 0. The number of rotatable bonds is 7. The maximum Gasteiger partial charge on any atom is 0.422 e. The number of hydrogen-bond donors (Lipinski definition) is 1. The summed E-state index contributed by atoms with van der Waals surface area (Å²) in [5.74, 6) is -1.59. The number of ether oxygens (including phenoxy) is 1. The van der Waals surface area contributed by atoms with E-state index in [-0.39, 0.29) is 24.4 Å². The number of amides is 1. The number of carbonyl (C=O) groups excluding carboxylic acids is 1. The fourth-order valence-electron chi connectivity index (χ4n) is 1.54. The molecule has 1 N–H and O–H groups in total. The first-order chi connectivity index (χ1) is 10.2. The fraction of sp³-hybridized carbons (Fsp3) is 0.462. The molecule has 0 bridgehead atoms. The van der Waals surface area contributed by atoms with Gasteiger partial charge in [0.15, 0.2) is 6.61 Å². The predicted molar refractivity (Wildman–Crippen MR) is 69.6 cm³/mol. The van der Waals surface area contributed by atoms with Crippen LogP contribution < -0.4 is 4.74 Å². The van der Waals surface area contributed by atoms with Crippen molar-refractivity contribution in [2.75, 3.05) is 20.2 Å². The first-order valence-corrected chi connectivity index (χ1v) is 6.32. The quantitative estimate of drug-likeness (QED) is 0.831. The summed E-state index contributed by atoms with van der Waals surface area (Å²) in [6, 6.07) is 2.47. The van der Waals surface area contributed by atoms with Crippen LogP contribution in [0.3, 0.4) is 0 Å². The van der Waals surface area contributed by atoms with Crippen LogP contribution in [0.5, 0.6) is 5.88 Å². The summed E-state index contributed by atoms with van der Waals surface area (Å²) in [6.45, 7) is -1.21. The molecule has 6 nitrogen and oxygen atoms in total. The second-order valence-electron chi connectivity index (χ2n) is 4.51. The van der Waals surface area contributed by atoms with E-state index in [4.69, 9.17) is 5.11 Å². The number of pyridine rings is 1. The standard InChI is InChI=1S/C13H15F3N2O4/c1-18(6-2-3-11(19)20)12(21)9-4-5-10(17-7-9)22-8-13(14,15)16/h4-5,7H,2-3,6,8H2,1H3,(H,19,20). The number of aliphatic carboxylic acids is 1. The molecule has 1 aromatic rings. The summed E-state index contributed by atoms with van der Waals surface area (Å²) in [6.07, 6.45) is -3.10. The normalized spacial score (nSPS) is 11.1. The van der Waals surface area contributed by atoms with Gasteiger partial charge in [0.05, 0.1) is 5.56 Å². The Labute approximate surface area is 124 Å². The van der Waals surface area contributed by atoms with Crippen LogP contribution in [0.15, 0.2) is 18.3 Å². The molecule has 1 aromatic heterocycles. The second kappa shape index (κ2) is 7.62. The number of carboxylic acid groups (broad SMARTS) is 1. The summed E-state index contributed by atoms with van der Waals surface area (Å²) in [5.41, 5.74) is 0.178. The minimum atomic E-state index is -4.46. The van der Waals surface area contributed by atoms with Gasteiger partial charge < -0.3 is 14.7 Å². The van der Waals surface area contributed by atoms with Crippen LogP contribution >= 0.6 is 0 Å². The van der Waals surface area contributed by atoms with E-state index in [2.05, 4.69) is 9.72 Å². The van der Waals surface area contributed by atoms with Crippen LogP contribution in [0.4, 0.5) is 13.2 Å². The molecule has 22 heavy (non-hydrogen) atoms. The molecular formula is C13H15F3N2O4. The maximum atomic E-state index is 12.0. The van der Waals surface area contributed by atoms with E-state index in [0.717, 1.165) is 6.20 Å². The summed E-state index contributed by atoms with van der Waals surface area (Å²) < 4.78 is 40.4. The van der Waals surface area contributed by atoms with Gasteiger partial charge in [-0.2, -0.15) is 13.2 Å². The molecule has 0 unspecified atom stereocenters. The lowest BCUT2D eigenvalue weighted by Crippen LogP contribution is -2.28. The van der Waals surface area contributed by atoms with Gasteiger partial charge in [-0.15, -0.1) is 0 Å². The number of aromatic nitrogens is 1. The molecule has 0 spiro atoms. The van der Waals surface area contributed by atoms with Gasteiger partial charge in [-0.25, -0.2) is 4.98 Å². The number of alkyl halides is 3. The third-order valence-electron chi connectivity index (χ3n) is 2.60. The number of carbonyl (C=O) groups is 2. The Bertz CT molecular complexity index is 517. The van der Waals surface area contributed by atoms with Crippen molar-refractivity contribution in [2.45, 2.75) is 19.0 Å². The number of hydrogen-bond acceptors (Lipinski definition) is 4. The molecule has 0 atom stereocenters. The zero-order valence-electron chi connectivity index (χ0n) is 11.8. The van der Waals surface area contributed by atoms with E-state index in [1.54, 1.807) is 0 Å². The number of halogens is 3. The van der Waals surface area contributed by atoms with Crippen LogP contribution in [-0.2, 0) is 4.79 Å². The molecule has 0 aromatic carbocycles. The zero-order valence-corrected chi connectivity index (χ0v) is 11.8. The van der Waals surface area contributed by atoms with Crippen LogP contribution in [0.2, 0.25) is 0 Å². The molecule has 0 aliphatic carbocycles. The average Bonchev–Trinajstić information content (AvgIpc) is 2.43. The predicted octanol–water partition coefficient (Wildman–Crippen LogP) is 1.96. The van der Waals surface area contributed by atoms with Crippen molar-refractivity contribution in [3.63, 3.8) is 0 Å². The number of carboxylic acids is 1. The molecule has 0 aliphatic heterocycles. The van der Waals surface area contributed by atoms with E-state index >= 15 is 0 Å². The van der Waals surface area contributed by atoms with E-state index in [9.17, 15) is 22.8 Å². The lowest BCUT2D eigenvalue weighted by molar-refractivity contribution is -0.154. The van der Waals surface area contributed by atoms with Gasteiger partial charge >= 0.3 is 12.1 Å². The van der Waals surface area contributed by atoms with E-state index < -0.39 is 24.7 Å². The van der Waals surface area contributed by atoms with Crippen LogP contribution in [-0.4, -0.2) is 53.2 Å². The van der Waals surface area contributed by atoms with Gasteiger partial charge in [0.25, 0.3) is 5.91 Å². The first-order valence-electron chi connectivity index (χ1n) is 6.32. The average molecular weight is 320 g/mol. The van der Waals surface area contributed by atoms with Gasteiger partial charge in [-0.1, -0.05) is 0 Å². The van der Waals surface area contributed by atoms with E-state index in [1.165, 1.54) is 24.1 Å². The molecular weight excluding hydrogens is 305 g/mol. The lowest BCUT2D eigenvalue weighted by Gasteiger charge is -2.16. The van der Waals surface area contributed by atoms with Crippen molar-refractivity contribution < 1.29 is 32.6 Å². The molecule has 0 saturated carbocycles. The maximum absolute atomic E-state index is 12.0. The molecule has 1 heterocycles. The first kappa shape index (κ1) is 17.7. The Balaban J connectivity index is 2.54. The van der Waals surface area contributed by atoms with Gasteiger partial charge in [-0.3, -0.25) is 9.59 Å². The topological polar surface area (TPSA) is 79.7 Å². The minimum Gasteiger partial charge on any atom is -0.481 e. The third kappa shape index (κ3) is 6.42. The Morgan fingerprint density at radius 3 is 2.55 bits per heavy atom. The van der Waals surface area contributed by atoms with Crippen molar-refractivity contribution in [1.29, 1.82) is 0 Å². The van der Waals surface area contributed by atoms with Gasteiger partial charge in [0.2, 0.25) is 5.88 Å². The molecule has 0 saturated heterocycles. The van der Waals surface area contributed by atoms with Crippen molar-refractivity contribution in [1.82, 2.24) is 9.88 Å². The van der Waals surface area contributed by atoms with Crippen molar-refractivity contribution in [2.24, 2.45) is 0 Å². The third-order valence-corrected chi connectivity index (χ3v) is 2.60. The highest BCUT2D eigenvalue weighted by Gasteiger charge is 2.28. The smallest absolute Gasteiger partial charge is 0.422 e. The molecule has 1 amide bonds. The Kier molecular flexibility index (Phi) is 6.14. The lowest BCUT2D eigenvalue weighted by atomic mass is 10.2. The van der Waals surface area contributed by atoms with E-state index in [1.807, 2.05) is 0 Å². The fourth-order valence-corrected chi connectivity index (χ4v) is 1.54. The number of nitrogens with zero attached hydrogens (tertiary/aromatic N) is 2. The molecule has 1 rings (SSSR count). The summed E-state index contributed by atoms with van der Waals surface area (Å²) in [4.78, 5) is 27.3. The van der Waals surface area contributed by atoms with Crippen molar-refractivity contribution in [3.8, 4) is 5.88 Å². The van der Waals surface area contributed by atoms with Crippen molar-refractivity contribution in [3.05, 3.63) is 23.9 Å². The monoisotopic (exact) mass is 320 g/mol.